The van der Waals surface area contributed by atoms with Crippen LogP contribution in [0.1, 0.15) is 25.7 Å². The van der Waals surface area contributed by atoms with Crippen LogP contribution in [0.4, 0.5) is 0 Å². The molecule has 50 valence electrons. The van der Waals surface area contributed by atoms with Crippen LogP contribution in [0.3, 0.4) is 0 Å². The van der Waals surface area contributed by atoms with Gasteiger partial charge < -0.3 is 4.79 Å². The molecule has 0 amide bonds. The first kappa shape index (κ1) is 6.53. The van der Waals surface area contributed by atoms with Crippen LogP contribution in [0, 0.1) is 5.41 Å². The zero-order valence-electron chi connectivity index (χ0n) is 5.60. The molecule has 0 aliphatic heterocycles. The molecular weight excluding hydrogens is 112 g/mol. The zero-order valence-corrected chi connectivity index (χ0v) is 5.60. The van der Waals surface area contributed by atoms with Gasteiger partial charge in [-0.05, 0) is 25.7 Å². The Morgan fingerprint density at radius 1 is 1.56 bits per heavy atom. The highest BCUT2D eigenvalue weighted by atomic mass is 16.1. The zero-order chi connectivity index (χ0) is 6.74. The minimum Gasteiger partial charge on any atom is -0.303 e. The highest BCUT2D eigenvalue weighted by molar-refractivity contribution is 5.63. The summed E-state index contributed by atoms with van der Waals surface area (Å²) in [5.74, 6) is 0. The van der Waals surface area contributed by atoms with Crippen LogP contribution < -0.4 is 0 Å². The van der Waals surface area contributed by atoms with Gasteiger partial charge in [0, 0.05) is 5.41 Å². The Morgan fingerprint density at radius 3 is 2.56 bits per heavy atom. The number of carbonyl (C=O) groups is 1. The molecular formula is C8H12O. The second-order valence-electron chi connectivity index (χ2n) is 2.81. The van der Waals surface area contributed by atoms with E-state index in [9.17, 15) is 4.79 Å². The normalized spacial score (nSPS) is 20.9. The minimum atomic E-state index is 0.0915. The molecule has 0 spiro atoms. The smallest absolute Gasteiger partial charge is 0.126 e. The molecule has 0 heterocycles. The van der Waals surface area contributed by atoms with Gasteiger partial charge in [-0.2, -0.15) is 0 Å². The molecule has 1 saturated carbocycles. The van der Waals surface area contributed by atoms with Gasteiger partial charge in [0.15, 0.2) is 0 Å². The fourth-order valence-electron chi connectivity index (χ4n) is 0.977. The minimum absolute atomic E-state index is 0.0915. The lowest BCUT2D eigenvalue weighted by Gasteiger charge is -2.00. The van der Waals surface area contributed by atoms with Crippen LogP contribution in [0.25, 0.3) is 0 Å². The molecule has 1 aliphatic carbocycles. The average molecular weight is 124 g/mol. The predicted molar refractivity (Wildman–Crippen MR) is 37.2 cm³/mol. The van der Waals surface area contributed by atoms with E-state index >= 15 is 0 Å². The number of allylic oxidation sites excluding steroid dienone is 1. The van der Waals surface area contributed by atoms with E-state index in [4.69, 9.17) is 0 Å². The van der Waals surface area contributed by atoms with Crippen molar-refractivity contribution < 1.29 is 4.79 Å². The van der Waals surface area contributed by atoms with Crippen LogP contribution in [-0.2, 0) is 4.79 Å². The van der Waals surface area contributed by atoms with Gasteiger partial charge in [-0.3, -0.25) is 0 Å². The maximum absolute atomic E-state index is 10.4. The van der Waals surface area contributed by atoms with Crippen molar-refractivity contribution >= 4 is 6.29 Å². The third kappa shape index (κ3) is 1.41. The number of rotatable bonds is 4. The second kappa shape index (κ2) is 2.34. The van der Waals surface area contributed by atoms with E-state index in [0.717, 1.165) is 32.0 Å². The third-order valence-electron chi connectivity index (χ3n) is 1.99. The Labute approximate surface area is 55.8 Å². The summed E-state index contributed by atoms with van der Waals surface area (Å²) in [6, 6.07) is 0. The second-order valence-corrected chi connectivity index (χ2v) is 2.81. The summed E-state index contributed by atoms with van der Waals surface area (Å²) in [4.78, 5) is 10.4. The fraction of sp³-hybridized carbons (Fsp3) is 0.625. The van der Waals surface area contributed by atoms with Crippen molar-refractivity contribution in [2.45, 2.75) is 25.7 Å². The van der Waals surface area contributed by atoms with Crippen LogP contribution in [0.5, 0.6) is 0 Å². The van der Waals surface area contributed by atoms with Crippen molar-refractivity contribution in [3.8, 4) is 0 Å². The van der Waals surface area contributed by atoms with E-state index in [2.05, 4.69) is 6.58 Å². The summed E-state index contributed by atoms with van der Waals surface area (Å²) in [5, 5.41) is 0. The molecule has 0 unspecified atom stereocenters. The van der Waals surface area contributed by atoms with Gasteiger partial charge >= 0.3 is 0 Å². The molecule has 0 bridgehead atoms. The number of hydrogen-bond donors (Lipinski definition) is 0. The summed E-state index contributed by atoms with van der Waals surface area (Å²) in [5.41, 5.74) is 0.0915. The Balaban J connectivity index is 2.24. The van der Waals surface area contributed by atoms with Crippen LogP contribution >= 0.6 is 0 Å². The van der Waals surface area contributed by atoms with Crippen molar-refractivity contribution in [2.24, 2.45) is 5.41 Å². The third-order valence-corrected chi connectivity index (χ3v) is 1.99. The average Bonchev–Trinajstić information content (AvgIpc) is 2.65. The van der Waals surface area contributed by atoms with E-state index < -0.39 is 0 Å². The maximum Gasteiger partial charge on any atom is 0.126 e. The van der Waals surface area contributed by atoms with Crippen molar-refractivity contribution in [2.75, 3.05) is 0 Å². The molecule has 0 radical (unpaired) electrons. The van der Waals surface area contributed by atoms with Gasteiger partial charge in [-0.15, -0.1) is 6.58 Å². The molecule has 0 aromatic carbocycles. The number of aldehydes is 1. The summed E-state index contributed by atoms with van der Waals surface area (Å²) < 4.78 is 0. The molecule has 1 nitrogen and oxygen atoms in total. The number of carbonyl (C=O) groups excluding carboxylic acids is 1. The molecule has 1 heteroatoms. The Bertz CT molecular complexity index is 123. The molecule has 0 N–H and O–H groups in total. The molecule has 0 atom stereocenters. The van der Waals surface area contributed by atoms with E-state index in [1.54, 1.807) is 0 Å². The summed E-state index contributed by atoms with van der Waals surface area (Å²) in [6.07, 6.45) is 7.19. The summed E-state index contributed by atoms with van der Waals surface area (Å²) in [6.45, 7) is 3.61. The van der Waals surface area contributed by atoms with Crippen molar-refractivity contribution in [1.82, 2.24) is 0 Å². The molecule has 1 aliphatic rings. The molecule has 0 aromatic heterocycles. The van der Waals surface area contributed by atoms with Crippen molar-refractivity contribution in [3.63, 3.8) is 0 Å². The van der Waals surface area contributed by atoms with Crippen LogP contribution in [0.2, 0.25) is 0 Å². The first-order valence-electron chi connectivity index (χ1n) is 3.40. The monoisotopic (exact) mass is 124 g/mol. The molecule has 0 aromatic rings. The quantitative estimate of drug-likeness (QED) is 0.413. The van der Waals surface area contributed by atoms with Crippen LogP contribution in [-0.4, -0.2) is 6.29 Å². The molecule has 1 rings (SSSR count). The topological polar surface area (TPSA) is 17.1 Å². The largest absolute Gasteiger partial charge is 0.303 e. The standard InChI is InChI=1S/C8H12O/c1-2-3-4-8(7-9)5-6-8/h2,7H,1,3-6H2. The summed E-state index contributed by atoms with van der Waals surface area (Å²) >= 11 is 0. The van der Waals surface area contributed by atoms with Crippen molar-refractivity contribution in [1.29, 1.82) is 0 Å². The van der Waals surface area contributed by atoms with E-state index in [-0.39, 0.29) is 5.41 Å². The Hall–Kier alpha value is -0.590. The molecule has 1 fully saturated rings. The van der Waals surface area contributed by atoms with Gasteiger partial charge in [-0.1, -0.05) is 6.08 Å². The summed E-state index contributed by atoms with van der Waals surface area (Å²) in [7, 11) is 0. The predicted octanol–water partition coefficient (Wildman–Crippen LogP) is 1.93. The Kier molecular flexibility index (Phi) is 1.70. The van der Waals surface area contributed by atoms with E-state index in [0.29, 0.717) is 0 Å². The van der Waals surface area contributed by atoms with Gasteiger partial charge in [-0.25, -0.2) is 0 Å². The lowest BCUT2D eigenvalue weighted by molar-refractivity contribution is -0.112. The van der Waals surface area contributed by atoms with Crippen LogP contribution in [0.15, 0.2) is 12.7 Å². The van der Waals surface area contributed by atoms with Gasteiger partial charge in [0.25, 0.3) is 0 Å². The molecule has 9 heavy (non-hydrogen) atoms. The van der Waals surface area contributed by atoms with E-state index in [1.807, 2.05) is 6.08 Å². The van der Waals surface area contributed by atoms with Gasteiger partial charge in [0.05, 0.1) is 0 Å². The first-order valence-corrected chi connectivity index (χ1v) is 3.40. The van der Waals surface area contributed by atoms with Crippen molar-refractivity contribution in [3.05, 3.63) is 12.7 Å². The van der Waals surface area contributed by atoms with Gasteiger partial charge in [0.2, 0.25) is 0 Å². The highest BCUT2D eigenvalue weighted by Crippen LogP contribution is 2.47. The SMILES string of the molecule is C=CCCC1(C=O)CC1. The lowest BCUT2D eigenvalue weighted by Crippen LogP contribution is -1.99. The lowest BCUT2D eigenvalue weighted by atomic mass is 10.0. The highest BCUT2D eigenvalue weighted by Gasteiger charge is 2.41. The molecule has 0 saturated heterocycles. The first-order chi connectivity index (χ1) is 4.33. The maximum atomic E-state index is 10.4. The Morgan fingerprint density at radius 2 is 2.22 bits per heavy atom. The number of hydrogen-bond acceptors (Lipinski definition) is 1. The van der Waals surface area contributed by atoms with Gasteiger partial charge in [0.1, 0.15) is 6.29 Å². The van der Waals surface area contributed by atoms with E-state index in [1.165, 1.54) is 0 Å². The fourth-order valence-corrected chi connectivity index (χ4v) is 0.977.